The van der Waals surface area contributed by atoms with Crippen LogP contribution >= 0.6 is 11.8 Å². The maximum atomic E-state index is 14.4. The number of ether oxygens (including phenoxy) is 1. The van der Waals surface area contributed by atoms with Crippen molar-refractivity contribution in [2.45, 2.75) is 29.0 Å². The van der Waals surface area contributed by atoms with E-state index in [0.717, 1.165) is 5.56 Å². The number of benzene rings is 2. The van der Waals surface area contributed by atoms with Gasteiger partial charge in [0.15, 0.2) is 0 Å². The van der Waals surface area contributed by atoms with Crippen LogP contribution in [0.25, 0.3) is 0 Å². The molecule has 8 nitrogen and oxygen atoms in total. The highest BCUT2D eigenvalue weighted by Gasteiger charge is 2.70. The number of rotatable bonds is 7. The first-order valence-electron chi connectivity index (χ1n) is 13.7. The van der Waals surface area contributed by atoms with Crippen LogP contribution < -0.4 is 9.64 Å². The van der Waals surface area contributed by atoms with Gasteiger partial charge in [0.25, 0.3) is 5.91 Å². The molecular weight excluding hydrogens is 526 g/mol. The van der Waals surface area contributed by atoms with Crippen LogP contribution in [-0.4, -0.2) is 82.0 Å². The molecule has 40 heavy (non-hydrogen) atoms. The predicted molar refractivity (Wildman–Crippen MR) is 154 cm³/mol. The Kier molecular flexibility index (Phi) is 7.18. The van der Waals surface area contributed by atoms with Gasteiger partial charge in [0.2, 0.25) is 11.8 Å². The van der Waals surface area contributed by atoms with E-state index < -0.39 is 22.6 Å². The molecule has 6 rings (SSSR count). The quantitative estimate of drug-likeness (QED) is 0.525. The second kappa shape index (κ2) is 10.8. The average Bonchev–Trinajstić information content (AvgIpc) is 3.29. The average molecular weight is 560 g/mol. The number of fused-ring (bicyclic) bond motifs is 2. The smallest absolute Gasteiger partial charge is 0.251 e. The number of thioether (sulfide) groups is 1. The zero-order valence-corrected chi connectivity index (χ0v) is 23.2. The van der Waals surface area contributed by atoms with Crippen molar-refractivity contribution in [2.75, 3.05) is 38.3 Å². The lowest BCUT2D eigenvalue weighted by Crippen LogP contribution is -2.53. The third-order valence-corrected chi connectivity index (χ3v) is 10.1. The Balaban J connectivity index is 1.38. The first kappa shape index (κ1) is 26.7. The van der Waals surface area contributed by atoms with Gasteiger partial charge in [0, 0.05) is 43.7 Å². The Morgan fingerprint density at radius 2 is 1.75 bits per heavy atom. The van der Waals surface area contributed by atoms with E-state index >= 15 is 0 Å². The summed E-state index contributed by atoms with van der Waals surface area (Å²) in [4.78, 5) is 47.9. The topological polar surface area (TPSA) is 90.4 Å². The molecule has 0 aromatic heterocycles. The largest absolute Gasteiger partial charge is 0.497 e. The van der Waals surface area contributed by atoms with Crippen molar-refractivity contribution in [1.29, 1.82) is 0 Å². The van der Waals surface area contributed by atoms with E-state index in [-0.39, 0.29) is 36.1 Å². The molecule has 0 radical (unpaired) electrons. The number of nitrogens with zero attached hydrogens (tertiary/aromatic N) is 3. The third-order valence-electron chi connectivity index (χ3n) is 8.40. The van der Waals surface area contributed by atoms with Crippen LogP contribution in [0, 0.1) is 11.8 Å². The van der Waals surface area contributed by atoms with Gasteiger partial charge in [0.05, 0.1) is 23.7 Å². The number of methoxy groups -OCH3 is 1. The molecule has 2 saturated heterocycles. The van der Waals surface area contributed by atoms with Crippen molar-refractivity contribution in [3.05, 3.63) is 84.5 Å². The summed E-state index contributed by atoms with van der Waals surface area (Å²) in [6.45, 7) is 1.46. The Morgan fingerprint density at radius 3 is 2.48 bits per heavy atom. The second-order valence-electron chi connectivity index (χ2n) is 10.6. The summed E-state index contributed by atoms with van der Waals surface area (Å²) in [5.41, 5.74) is 1.75. The molecule has 5 atom stereocenters. The normalized spacial score (nSPS) is 29.2. The molecule has 0 aliphatic carbocycles. The molecule has 4 heterocycles. The van der Waals surface area contributed by atoms with E-state index in [0.29, 0.717) is 37.5 Å². The van der Waals surface area contributed by atoms with Crippen LogP contribution in [-0.2, 0) is 20.9 Å². The lowest BCUT2D eigenvalue weighted by atomic mass is 9.78. The SMILES string of the molecule is COc1ccc(N2CC=C[C@]34S[C@@H]5C=CCN(Cc6ccccc6)C(=O)[C@@H]5[C@H]3C(=O)N(CCCO)C4C2=O)cc1. The monoisotopic (exact) mass is 559 g/mol. The number of aliphatic hydroxyl groups excluding tert-OH is 1. The van der Waals surface area contributed by atoms with Gasteiger partial charge in [-0.25, -0.2) is 0 Å². The Hall–Kier alpha value is -3.56. The fourth-order valence-electron chi connectivity index (χ4n) is 6.61. The van der Waals surface area contributed by atoms with E-state index in [4.69, 9.17) is 4.74 Å². The molecule has 0 bridgehead atoms. The fourth-order valence-corrected chi connectivity index (χ4v) is 8.62. The molecule has 2 fully saturated rings. The predicted octanol–water partition coefficient (Wildman–Crippen LogP) is 2.88. The van der Waals surface area contributed by atoms with Crippen molar-refractivity contribution in [2.24, 2.45) is 11.8 Å². The fraction of sp³-hybridized carbons (Fsp3) is 0.387. The maximum Gasteiger partial charge on any atom is 0.251 e. The highest BCUT2D eigenvalue weighted by molar-refractivity contribution is 8.02. The van der Waals surface area contributed by atoms with Crippen molar-refractivity contribution >= 4 is 35.2 Å². The van der Waals surface area contributed by atoms with Crippen LogP contribution in [0.3, 0.4) is 0 Å². The van der Waals surface area contributed by atoms with Gasteiger partial charge in [0.1, 0.15) is 11.8 Å². The molecule has 2 aromatic carbocycles. The van der Waals surface area contributed by atoms with Crippen LogP contribution in [0.15, 0.2) is 78.9 Å². The number of carbonyl (C=O) groups is 3. The Labute approximate surface area is 238 Å². The molecule has 1 spiro atoms. The maximum absolute atomic E-state index is 14.4. The van der Waals surface area contributed by atoms with Gasteiger partial charge in [-0.2, -0.15) is 0 Å². The summed E-state index contributed by atoms with van der Waals surface area (Å²) < 4.78 is 4.41. The van der Waals surface area contributed by atoms with Crippen molar-refractivity contribution < 1.29 is 24.2 Å². The van der Waals surface area contributed by atoms with Gasteiger partial charge >= 0.3 is 0 Å². The number of hydrogen-bond acceptors (Lipinski definition) is 6. The van der Waals surface area contributed by atoms with Gasteiger partial charge in [-0.1, -0.05) is 54.6 Å². The third kappa shape index (κ3) is 4.32. The first-order valence-corrected chi connectivity index (χ1v) is 14.6. The molecule has 9 heteroatoms. The minimum atomic E-state index is -0.879. The molecule has 1 unspecified atom stereocenters. The zero-order chi connectivity index (χ0) is 27.9. The Bertz CT molecular complexity index is 1350. The molecule has 0 saturated carbocycles. The Morgan fingerprint density at radius 1 is 0.975 bits per heavy atom. The highest BCUT2D eigenvalue weighted by Crippen LogP contribution is 2.61. The number of amides is 3. The molecule has 4 aliphatic heterocycles. The lowest BCUT2D eigenvalue weighted by molar-refractivity contribution is -0.143. The molecule has 1 N–H and O–H groups in total. The van der Waals surface area contributed by atoms with E-state index in [2.05, 4.69) is 6.08 Å². The van der Waals surface area contributed by atoms with Gasteiger partial charge in [-0.3, -0.25) is 14.4 Å². The summed E-state index contributed by atoms with van der Waals surface area (Å²) in [6, 6.07) is 16.4. The minimum absolute atomic E-state index is 0.0542. The molecule has 208 valence electrons. The number of likely N-dealkylation sites (tertiary alicyclic amines) is 1. The van der Waals surface area contributed by atoms with E-state index in [1.807, 2.05) is 77.7 Å². The zero-order valence-electron chi connectivity index (χ0n) is 22.4. The summed E-state index contributed by atoms with van der Waals surface area (Å²) >= 11 is 1.57. The van der Waals surface area contributed by atoms with E-state index in [1.54, 1.807) is 28.7 Å². The lowest BCUT2D eigenvalue weighted by Gasteiger charge is -2.35. The molecule has 2 aromatic rings. The number of anilines is 1. The number of carbonyl (C=O) groups excluding carboxylic acids is 3. The highest BCUT2D eigenvalue weighted by atomic mass is 32.2. The van der Waals surface area contributed by atoms with Crippen molar-refractivity contribution in [3.8, 4) is 5.75 Å². The summed E-state index contributed by atoms with van der Waals surface area (Å²) in [5, 5.41) is 9.41. The number of hydrogen-bond donors (Lipinski definition) is 1. The minimum Gasteiger partial charge on any atom is -0.497 e. The molecule has 3 amide bonds. The van der Waals surface area contributed by atoms with Crippen LogP contribution in [0.5, 0.6) is 5.75 Å². The van der Waals surface area contributed by atoms with Gasteiger partial charge in [-0.15, -0.1) is 11.8 Å². The van der Waals surface area contributed by atoms with E-state index in [1.165, 1.54) is 0 Å². The van der Waals surface area contributed by atoms with Crippen LogP contribution in [0.1, 0.15) is 12.0 Å². The molecule has 4 aliphatic rings. The first-order chi connectivity index (χ1) is 19.5. The van der Waals surface area contributed by atoms with E-state index in [9.17, 15) is 19.5 Å². The van der Waals surface area contributed by atoms with Gasteiger partial charge < -0.3 is 24.5 Å². The van der Waals surface area contributed by atoms with Crippen LogP contribution in [0.4, 0.5) is 5.69 Å². The van der Waals surface area contributed by atoms with Crippen LogP contribution in [0.2, 0.25) is 0 Å². The molecular formula is C31H33N3O5S. The summed E-state index contributed by atoms with van der Waals surface area (Å²) in [6.07, 6.45) is 8.41. The number of aliphatic hydroxyl groups is 1. The second-order valence-corrected chi connectivity index (χ2v) is 12.1. The van der Waals surface area contributed by atoms with Crippen molar-refractivity contribution in [3.63, 3.8) is 0 Å². The standard InChI is InChI=1S/C31H33N3O5S/c1-39-23-13-11-22(12-14-23)33-17-6-15-31-26(29(37)34(18-7-19-35)27(31)30(33)38)25-24(40-31)10-5-16-32(28(25)36)20-21-8-3-2-4-9-21/h2-6,8-15,24-27,35H,7,16-20H2,1H3/t24-,25+,26+,27?,31+/m1/s1. The van der Waals surface area contributed by atoms with Gasteiger partial charge in [-0.05, 0) is 36.2 Å². The summed E-state index contributed by atoms with van der Waals surface area (Å²) in [7, 11) is 1.59. The summed E-state index contributed by atoms with van der Waals surface area (Å²) in [5.74, 6) is -0.971. The van der Waals surface area contributed by atoms with Crippen molar-refractivity contribution in [1.82, 2.24) is 9.80 Å².